The molecule has 0 amide bonds. The van der Waals surface area contributed by atoms with E-state index in [1.54, 1.807) is 0 Å². The molecule has 2 aromatic carbocycles. The van der Waals surface area contributed by atoms with E-state index in [2.05, 4.69) is 31.4 Å². The third-order valence-electron chi connectivity index (χ3n) is 3.63. The molecule has 0 aliphatic rings. The molecular formula is C17H20F2N2. The van der Waals surface area contributed by atoms with Gasteiger partial charge in [-0.2, -0.15) is 0 Å². The molecule has 0 saturated carbocycles. The summed E-state index contributed by atoms with van der Waals surface area (Å²) < 4.78 is 26.8. The Morgan fingerprint density at radius 3 is 2.24 bits per heavy atom. The molecule has 112 valence electrons. The van der Waals surface area contributed by atoms with Gasteiger partial charge >= 0.3 is 0 Å². The topological polar surface area (TPSA) is 38.0 Å². The minimum absolute atomic E-state index is 0.367. The molecule has 21 heavy (non-hydrogen) atoms. The van der Waals surface area contributed by atoms with Crippen LogP contribution in [0.5, 0.6) is 0 Å². The van der Waals surface area contributed by atoms with Gasteiger partial charge in [-0.3, -0.25) is 11.3 Å². The predicted molar refractivity (Wildman–Crippen MR) is 80.7 cm³/mol. The third kappa shape index (κ3) is 3.86. The summed E-state index contributed by atoms with van der Waals surface area (Å²) in [4.78, 5) is 0. The average molecular weight is 290 g/mol. The van der Waals surface area contributed by atoms with Crippen LogP contribution in [0.4, 0.5) is 8.78 Å². The van der Waals surface area contributed by atoms with E-state index in [0.717, 1.165) is 11.6 Å². The quantitative estimate of drug-likeness (QED) is 0.648. The molecule has 3 N–H and O–H groups in total. The molecule has 0 aliphatic carbocycles. The van der Waals surface area contributed by atoms with Gasteiger partial charge in [-0.25, -0.2) is 8.78 Å². The van der Waals surface area contributed by atoms with Gasteiger partial charge in [0.25, 0.3) is 0 Å². The Hall–Kier alpha value is -1.78. The molecule has 2 aromatic rings. The highest BCUT2D eigenvalue weighted by Gasteiger charge is 2.15. The second-order valence-corrected chi connectivity index (χ2v) is 5.49. The van der Waals surface area contributed by atoms with Gasteiger partial charge in [-0.15, -0.1) is 0 Å². The van der Waals surface area contributed by atoms with Gasteiger partial charge in [0.2, 0.25) is 0 Å². The second kappa shape index (κ2) is 6.78. The van der Waals surface area contributed by atoms with Crippen LogP contribution in [0.1, 0.15) is 42.5 Å². The number of hydrazine groups is 1. The van der Waals surface area contributed by atoms with Crippen molar-refractivity contribution in [1.29, 1.82) is 0 Å². The van der Waals surface area contributed by atoms with Gasteiger partial charge in [0.05, 0.1) is 6.04 Å². The Kier molecular flexibility index (Phi) is 5.04. The molecule has 0 radical (unpaired) electrons. The van der Waals surface area contributed by atoms with Crippen LogP contribution in [0.2, 0.25) is 0 Å². The van der Waals surface area contributed by atoms with Crippen molar-refractivity contribution in [2.45, 2.75) is 32.2 Å². The lowest BCUT2D eigenvalue weighted by Gasteiger charge is -2.17. The number of benzene rings is 2. The summed E-state index contributed by atoms with van der Waals surface area (Å²) in [6.45, 7) is 4.26. The van der Waals surface area contributed by atoms with Crippen molar-refractivity contribution in [3.63, 3.8) is 0 Å². The molecular weight excluding hydrogens is 270 g/mol. The molecule has 0 bridgehead atoms. The van der Waals surface area contributed by atoms with Crippen LogP contribution in [-0.4, -0.2) is 0 Å². The number of rotatable bonds is 5. The normalized spacial score (nSPS) is 12.7. The molecule has 2 rings (SSSR count). The van der Waals surface area contributed by atoms with Crippen LogP contribution in [0, 0.1) is 11.6 Å². The van der Waals surface area contributed by atoms with Crippen molar-refractivity contribution in [2.75, 3.05) is 0 Å². The van der Waals surface area contributed by atoms with Crippen LogP contribution in [-0.2, 0) is 6.42 Å². The van der Waals surface area contributed by atoms with Crippen molar-refractivity contribution < 1.29 is 8.78 Å². The SMILES string of the molecule is CC(C)c1ccc(CC(NN)c2ccc(F)cc2F)cc1. The molecule has 0 aromatic heterocycles. The van der Waals surface area contributed by atoms with Gasteiger partial charge in [-0.05, 0) is 29.5 Å². The van der Waals surface area contributed by atoms with Gasteiger partial charge in [-0.1, -0.05) is 44.2 Å². The first kappa shape index (κ1) is 15.6. The Morgan fingerprint density at radius 1 is 1.05 bits per heavy atom. The highest BCUT2D eigenvalue weighted by atomic mass is 19.1. The zero-order valence-electron chi connectivity index (χ0n) is 12.2. The first-order valence-corrected chi connectivity index (χ1v) is 7.01. The summed E-state index contributed by atoms with van der Waals surface area (Å²) in [5.41, 5.74) is 5.27. The molecule has 1 atom stereocenters. The van der Waals surface area contributed by atoms with Crippen LogP contribution in [0.3, 0.4) is 0 Å². The number of halogens is 2. The molecule has 0 aliphatic heterocycles. The molecule has 0 spiro atoms. The number of nitrogens with two attached hydrogens (primary N) is 1. The Balaban J connectivity index is 2.18. The minimum Gasteiger partial charge on any atom is -0.271 e. The maximum atomic E-state index is 13.8. The van der Waals surface area contributed by atoms with E-state index in [1.165, 1.54) is 17.7 Å². The summed E-state index contributed by atoms with van der Waals surface area (Å²) in [6.07, 6.45) is 0.539. The largest absolute Gasteiger partial charge is 0.271 e. The zero-order valence-corrected chi connectivity index (χ0v) is 12.2. The average Bonchev–Trinajstić information content (AvgIpc) is 2.46. The zero-order chi connectivity index (χ0) is 15.4. The van der Waals surface area contributed by atoms with Gasteiger partial charge in [0, 0.05) is 11.6 Å². The summed E-state index contributed by atoms with van der Waals surface area (Å²) in [5, 5.41) is 0. The van der Waals surface area contributed by atoms with Crippen molar-refractivity contribution >= 4 is 0 Å². The third-order valence-corrected chi connectivity index (χ3v) is 3.63. The maximum absolute atomic E-state index is 13.8. The molecule has 4 heteroatoms. The summed E-state index contributed by atoms with van der Waals surface area (Å²) in [6, 6.07) is 11.3. The van der Waals surface area contributed by atoms with Gasteiger partial charge in [0.15, 0.2) is 0 Å². The molecule has 2 nitrogen and oxygen atoms in total. The fourth-order valence-electron chi connectivity index (χ4n) is 2.32. The Bertz CT molecular complexity index is 594. The van der Waals surface area contributed by atoms with E-state index in [0.29, 0.717) is 17.9 Å². The van der Waals surface area contributed by atoms with E-state index >= 15 is 0 Å². The highest BCUT2D eigenvalue weighted by Crippen LogP contribution is 2.23. The first-order valence-electron chi connectivity index (χ1n) is 7.01. The van der Waals surface area contributed by atoms with Crippen molar-refractivity contribution in [2.24, 2.45) is 5.84 Å². The Morgan fingerprint density at radius 2 is 1.71 bits per heavy atom. The lowest BCUT2D eigenvalue weighted by atomic mass is 9.96. The molecule has 0 fully saturated rings. The first-order chi connectivity index (χ1) is 10.0. The van der Waals surface area contributed by atoms with E-state index in [9.17, 15) is 8.78 Å². The lowest BCUT2D eigenvalue weighted by Crippen LogP contribution is -2.30. The monoisotopic (exact) mass is 290 g/mol. The number of hydrogen-bond donors (Lipinski definition) is 2. The second-order valence-electron chi connectivity index (χ2n) is 5.49. The van der Waals surface area contributed by atoms with Crippen molar-refractivity contribution in [1.82, 2.24) is 5.43 Å². The molecule has 1 unspecified atom stereocenters. The lowest BCUT2D eigenvalue weighted by molar-refractivity contribution is 0.502. The van der Waals surface area contributed by atoms with E-state index in [-0.39, 0.29) is 0 Å². The maximum Gasteiger partial charge on any atom is 0.130 e. The van der Waals surface area contributed by atoms with E-state index in [4.69, 9.17) is 5.84 Å². The summed E-state index contributed by atoms with van der Waals surface area (Å²) in [5.74, 6) is 4.82. The van der Waals surface area contributed by atoms with Gasteiger partial charge in [0.1, 0.15) is 11.6 Å². The van der Waals surface area contributed by atoms with Crippen LogP contribution >= 0.6 is 0 Å². The van der Waals surface area contributed by atoms with E-state index in [1.807, 2.05) is 12.1 Å². The summed E-state index contributed by atoms with van der Waals surface area (Å²) in [7, 11) is 0. The highest BCUT2D eigenvalue weighted by molar-refractivity contribution is 5.28. The number of hydrogen-bond acceptors (Lipinski definition) is 2. The van der Waals surface area contributed by atoms with Gasteiger partial charge < -0.3 is 0 Å². The number of nitrogens with one attached hydrogen (secondary N) is 1. The minimum atomic E-state index is -0.590. The van der Waals surface area contributed by atoms with Crippen LogP contribution in [0.15, 0.2) is 42.5 Å². The van der Waals surface area contributed by atoms with Crippen molar-refractivity contribution in [3.8, 4) is 0 Å². The van der Waals surface area contributed by atoms with E-state index < -0.39 is 17.7 Å². The Labute approximate surface area is 124 Å². The standard InChI is InChI=1S/C17H20F2N2/c1-11(2)13-5-3-12(4-6-13)9-17(21-20)15-8-7-14(18)10-16(15)19/h3-8,10-11,17,21H,9,20H2,1-2H3. The fraction of sp³-hybridized carbons (Fsp3) is 0.294. The molecule has 0 heterocycles. The predicted octanol–water partition coefficient (Wildman–Crippen LogP) is 3.84. The fourth-order valence-corrected chi connectivity index (χ4v) is 2.32. The van der Waals surface area contributed by atoms with Crippen LogP contribution < -0.4 is 11.3 Å². The van der Waals surface area contributed by atoms with Crippen LogP contribution in [0.25, 0.3) is 0 Å². The summed E-state index contributed by atoms with van der Waals surface area (Å²) >= 11 is 0. The van der Waals surface area contributed by atoms with Crippen molar-refractivity contribution in [3.05, 3.63) is 70.8 Å². The smallest absolute Gasteiger partial charge is 0.130 e. The molecule has 0 saturated heterocycles.